The second kappa shape index (κ2) is 5.75. The van der Waals surface area contributed by atoms with Crippen molar-refractivity contribution in [1.82, 2.24) is 9.55 Å². The van der Waals surface area contributed by atoms with Gasteiger partial charge >= 0.3 is 0 Å². The van der Waals surface area contributed by atoms with E-state index in [1.165, 1.54) is 19.3 Å². The molecule has 0 aliphatic heterocycles. The van der Waals surface area contributed by atoms with Crippen LogP contribution in [-0.2, 0) is 5.88 Å². The number of fused-ring (bicyclic) bond motifs is 1. The second-order valence-electron chi connectivity index (χ2n) is 5.53. The normalized spacial score (nSPS) is 16.8. The third-order valence-corrected chi connectivity index (χ3v) is 5.02. The molecule has 0 saturated heterocycles. The third-order valence-electron chi connectivity index (χ3n) is 4.06. The molecule has 5 heteroatoms. The molecule has 1 aromatic carbocycles. The van der Waals surface area contributed by atoms with Gasteiger partial charge in [0.1, 0.15) is 5.82 Å². The number of nitrogens with zero attached hydrogens (tertiary/aromatic N) is 2. The van der Waals surface area contributed by atoms with Crippen LogP contribution < -0.4 is 0 Å². The first-order valence-electron chi connectivity index (χ1n) is 7.05. The molecule has 108 valence electrons. The lowest BCUT2D eigenvalue weighted by atomic mass is 10.1. The summed E-state index contributed by atoms with van der Waals surface area (Å²) in [5, 5.41) is 1.11. The lowest BCUT2D eigenvalue weighted by molar-refractivity contribution is 0.429. The van der Waals surface area contributed by atoms with E-state index < -0.39 is 0 Å². The lowest BCUT2D eigenvalue weighted by Crippen LogP contribution is -2.12. The van der Waals surface area contributed by atoms with E-state index in [0.29, 0.717) is 22.0 Å². The summed E-state index contributed by atoms with van der Waals surface area (Å²) in [6, 6.07) is 4.19. The first-order valence-corrected chi connectivity index (χ1v) is 8.34. The molecule has 1 atom stereocenters. The molecule has 1 aromatic heterocycles. The van der Waals surface area contributed by atoms with Gasteiger partial charge in [-0.05, 0) is 30.9 Å². The van der Waals surface area contributed by atoms with Crippen LogP contribution in [0.3, 0.4) is 0 Å². The Labute approximate surface area is 134 Å². The molecule has 1 heterocycles. The maximum Gasteiger partial charge on any atom is 0.125 e. The maximum absolute atomic E-state index is 6.17. The average Bonchev–Trinajstić information content (AvgIpc) is 3.19. The monoisotopic (exact) mass is 330 g/mol. The molecule has 0 radical (unpaired) electrons. The van der Waals surface area contributed by atoms with E-state index >= 15 is 0 Å². The van der Waals surface area contributed by atoms with Gasteiger partial charge in [-0.2, -0.15) is 0 Å². The fourth-order valence-electron chi connectivity index (χ4n) is 2.83. The van der Waals surface area contributed by atoms with Gasteiger partial charge in [0.2, 0.25) is 0 Å². The van der Waals surface area contributed by atoms with Crippen LogP contribution in [-0.4, -0.2) is 9.55 Å². The third kappa shape index (κ3) is 2.66. The molecule has 2 nitrogen and oxygen atoms in total. The molecule has 1 fully saturated rings. The molecule has 1 aliphatic carbocycles. The van der Waals surface area contributed by atoms with Gasteiger partial charge in [0.05, 0.1) is 27.0 Å². The van der Waals surface area contributed by atoms with Gasteiger partial charge in [0.15, 0.2) is 0 Å². The van der Waals surface area contributed by atoms with Gasteiger partial charge in [0.25, 0.3) is 0 Å². The Kier molecular flexibility index (Phi) is 4.16. The number of hydrogen-bond donors (Lipinski definition) is 0. The molecular weight excluding hydrogens is 315 g/mol. The molecule has 0 N–H and O–H groups in total. The van der Waals surface area contributed by atoms with Gasteiger partial charge < -0.3 is 4.57 Å². The predicted molar refractivity (Wildman–Crippen MR) is 86.0 cm³/mol. The van der Waals surface area contributed by atoms with Gasteiger partial charge in [-0.1, -0.05) is 43.0 Å². The number of halogens is 3. The Bertz CT molecular complexity index is 632. The van der Waals surface area contributed by atoms with Crippen molar-refractivity contribution in [3.63, 3.8) is 0 Å². The van der Waals surface area contributed by atoms with E-state index in [-0.39, 0.29) is 0 Å². The van der Waals surface area contributed by atoms with Crippen LogP contribution in [0.4, 0.5) is 0 Å². The summed E-state index contributed by atoms with van der Waals surface area (Å²) in [7, 11) is 0. The summed E-state index contributed by atoms with van der Waals surface area (Å²) in [6.07, 6.45) is 4.98. The van der Waals surface area contributed by atoms with Crippen LogP contribution >= 0.6 is 34.8 Å². The van der Waals surface area contributed by atoms with Crippen LogP contribution in [0.5, 0.6) is 0 Å². The molecule has 0 bridgehead atoms. The minimum absolute atomic E-state index is 0.408. The van der Waals surface area contributed by atoms with Gasteiger partial charge in [-0.25, -0.2) is 4.98 Å². The molecule has 1 aliphatic rings. The summed E-state index contributed by atoms with van der Waals surface area (Å²) in [6.45, 7) is 2.22. The van der Waals surface area contributed by atoms with E-state index in [4.69, 9.17) is 34.8 Å². The molecule has 2 aromatic rings. The number of benzene rings is 1. The fourth-order valence-corrected chi connectivity index (χ4v) is 3.34. The van der Waals surface area contributed by atoms with Crippen molar-refractivity contribution < 1.29 is 0 Å². The van der Waals surface area contributed by atoms with Crippen molar-refractivity contribution in [3.05, 3.63) is 28.0 Å². The number of hydrogen-bond acceptors (Lipinski definition) is 1. The minimum Gasteiger partial charge on any atom is -0.324 e. The highest BCUT2D eigenvalue weighted by Gasteiger charge is 2.27. The molecule has 3 rings (SSSR count). The zero-order valence-electron chi connectivity index (χ0n) is 11.4. The smallest absolute Gasteiger partial charge is 0.125 e. The van der Waals surface area contributed by atoms with Crippen molar-refractivity contribution >= 4 is 45.8 Å². The SMILES string of the molecule is CCC(CC1CC1)n1c(CCl)nc2cc(Cl)c(Cl)cc21. The Morgan fingerprint density at radius 2 is 2.00 bits per heavy atom. The van der Waals surface area contributed by atoms with Crippen LogP contribution in [0.1, 0.15) is 44.5 Å². The Morgan fingerprint density at radius 1 is 1.30 bits per heavy atom. The van der Waals surface area contributed by atoms with Crippen molar-refractivity contribution in [2.45, 2.75) is 44.5 Å². The van der Waals surface area contributed by atoms with Gasteiger partial charge in [-0.3, -0.25) is 0 Å². The number of alkyl halides is 1. The topological polar surface area (TPSA) is 17.8 Å². The van der Waals surface area contributed by atoms with Crippen molar-refractivity contribution in [1.29, 1.82) is 0 Å². The van der Waals surface area contributed by atoms with E-state index in [0.717, 1.165) is 29.2 Å². The van der Waals surface area contributed by atoms with Crippen molar-refractivity contribution in [3.8, 4) is 0 Å². The summed E-state index contributed by atoms with van der Waals surface area (Å²) in [5.74, 6) is 2.18. The van der Waals surface area contributed by atoms with Crippen molar-refractivity contribution in [2.75, 3.05) is 0 Å². The Morgan fingerprint density at radius 3 is 2.60 bits per heavy atom. The molecule has 1 unspecified atom stereocenters. The number of aromatic nitrogens is 2. The summed E-state index contributed by atoms with van der Waals surface area (Å²) >= 11 is 18.3. The maximum atomic E-state index is 6.17. The summed E-state index contributed by atoms with van der Waals surface area (Å²) in [5.41, 5.74) is 1.92. The van der Waals surface area contributed by atoms with Crippen molar-refractivity contribution in [2.24, 2.45) is 5.92 Å². The van der Waals surface area contributed by atoms with Crippen LogP contribution in [0, 0.1) is 5.92 Å². The average molecular weight is 332 g/mol. The first kappa shape index (κ1) is 14.5. The van der Waals surface area contributed by atoms with E-state index in [9.17, 15) is 0 Å². The molecular formula is C15H17Cl3N2. The molecule has 0 amide bonds. The number of imidazole rings is 1. The van der Waals surface area contributed by atoms with Gasteiger partial charge in [0, 0.05) is 6.04 Å². The largest absolute Gasteiger partial charge is 0.324 e. The highest BCUT2D eigenvalue weighted by Crippen LogP contribution is 2.40. The summed E-state index contributed by atoms with van der Waals surface area (Å²) in [4.78, 5) is 4.62. The predicted octanol–water partition coefficient (Wildman–Crippen LogP) is 5.83. The van der Waals surface area contributed by atoms with E-state index in [1.807, 2.05) is 12.1 Å². The van der Waals surface area contributed by atoms with Gasteiger partial charge in [-0.15, -0.1) is 11.6 Å². The highest BCUT2D eigenvalue weighted by molar-refractivity contribution is 6.42. The van der Waals surface area contributed by atoms with Crippen LogP contribution in [0.15, 0.2) is 12.1 Å². The van der Waals surface area contributed by atoms with E-state index in [2.05, 4.69) is 16.5 Å². The summed E-state index contributed by atoms with van der Waals surface area (Å²) < 4.78 is 2.27. The van der Waals surface area contributed by atoms with Crippen LogP contribution in [0.25, 0.3) is 11.0 Å². The quantitative estimate of drug-likeness (QED) is 0.630. The molecule has 1 saturated carbocycles. The fraction of sp³-hybridized carbons (Fsp3) is 0.533. The zero-order chi connectivity index (χ0) is 14.3. The standard InChI is InChI=1S/C15H17Cl3N2/c1-2-10(5-9-3-4-9)20-14-7-12(18)11(17)6-13(14)19-15(20)8-16/h6-7,9-10H,2-5,8H2,1H3. The highest BCUT2D eigenvalue weighted by atomic mass is 35.5. The Balaban J connectivity index is 2.12. The molecule has 0 spiro atoms. The second-order valence-corrected chi connectivity index (χ2v) is 6.61. The first-order chi connectivity index (χ1) is 9.63. The minimum atomic E-state index is 0.408. The number of rotatable bonds is 5. The van der Waals surface area contributed by atoms with E-state index in [1.54, 1.807) is 0 Å². The van der Waals surface area contributed by atoms with Crippen LogP contribution in [0.2, 0.25) is 10.0 Å². The Hall–Kier alpha value is -0.440. The molecule has 20 heavy (non-hydrogen) atoms. The zero-order valence-corrected chi connectivity index (χ0v) is 13.6. The lowest BCUT2D eigenvalue weighted by Gasteiger charge is -2.20.